The van der Waals surface area contributed by atoms with Crippen LogP contribution in [0.25, 0.3) is 11.3 Å². The Hall–Kier alpha value is -3.77. The monoisotopic (exact) mass is 469 g/mol. The quantitative estimate of drug-likeness (QED) is 0.348. The van der Waals surface area contributed by atoms with Crippen molar-refractivity contribution in [3.8, 4) is 11.3 Å². The number of nitrogens with zero attached hydrogens (tertiary/aromatic N) is 1. The Morgan fingerprint density at radius 1 is 0.912 bits per heavy atom. The summed E-state index contributed by atoms with van der Waals surface area (Å²) in [5.74, 6) is -0.297. The van der Waals surface area contributed by atoms with Crippen LogP contribution in [0, 0.1) is 6.92 Å². The SMILES string of the molecule is Cc1nc(-c2ccc(CCNC(=O)CC(NC(=O)c3ccccc3)c3ccccc3)cc2)cs1. The van der Waals surface area contributed by atoms with Gasteiger partial charge in [0.15, 0.2) is 0 Å². The van der Waals surface area contributed by atoms with Gasteiger partial charge in [0.05, 0.1) is 23.2 Å². The summed E-state index contributed by atoms with van der Waals surface area (Å²) in [4.78, 5) is 29.9. The lowest BCUT2D eigenvalue weighted by molar-refractivity contribution is -0.121. The third kappa shape index (κ3) is 6.39. The first kappa shape index (κ1) is 23.4. The number of benzene rings is 3. The molecule has 3 aromatic carbocycles. The molecule has 0 fully saturated rings. The molecule has 6 heteroatoms. The van der Waals surface area contributed by atoms with Crippen molar-refractivity contribution in [3.63, 3.8) is 0 Å². The number of thiazole rings is 1. The smallest absolute Gasteiger partial charge is 0.251 e. The largest absolute Gasteiger partial charge is 0.356 e. The molecule has 0 saturated heterocycles. The van der Waals surface area contributed by atoms with E-state index in [1.807, 2.05) is 55.5 Å². The van der Waals surface area contributed by atoms with Gasteiger partial charge in [-0.1, -0.05) is 72.8 Å². The zero-order chi connectivity index (χ0) is 23.8. The highest BCUT2D eigenvalue weighted by Crippen LogP contribution is 2.22. The lowest BCUT2D eigenvalue weighted by Gasteiger charge is -2.19. The maximum absolute atomic E-state index is 12.7. The molecule has 5 nitrogen and oxygen atoms in total. The lowest BCUT2D eigenvalue weighted by atomic mass is 10.0. The Kier molecular flexibility index (Phi) is 7.83. The Balaban J connectivity index is 1.32. The van der Waals surface area contributed by atoms with E-state index in [0.29, 0.717) is 12.1 Å². The normalized spacial score (nSPS) is 11.6. The van der Waals surface area contributed by atoms with E-state index in [0.717, 1.165) is 33.8 Å². The van der Waals surface area contributed by atoms with Crippen molar-refractivity contribution in [2.45, 2.75) is 25.8 Å². The molecule has 1 heterocycles. The number of carbonyl (C=O) groups excluding carboxylic acids is 2. The van der Waals surface area contributed by atoms with E-state index in [-0.39, 0.29) is 18.2 Å². The van der Waals surface area contributed by atoms with E-state index < -0.39 is 6.04 Å². The van der Waals surface area contributed by atoms with Crippen LogP contribution in [0.4, 0.5) is 0 Å². The van der Waals surface area contributed by atoms with Crippen molar-refractivity contribution >= 4 is 23.2 Å². The third-order valence-electron chi connectivity index (χ3n) is 5.54. The number of hydrogen-bond donors (Lipinski definition) is 2. The van der Waals surface area contributed by atoms with E-state index in [1.54, 1.807) is 23.5 Å². The van der Waals surface area contributed by atoms with E-state index >= 15 is 0 Å². The number of aryl methyl sites for hydroxylation is 1. The summed E-state index contributed by atoms with van der Waals surface area (Å²) >= 11 is 1.64. The molecule has 0 radical (unpaired) electrons. The second-order valence-corrected chi connectivity index (χ2v) is 9.12. The van der Waals surface area contributed by atoms with Gasteiger partial charge in [0.1, 0.15) is 0 Å². The molecule has 0 saturated carbocycles. The molecule has 1 aromatic heterocycles. The van der Waals surface area contributed by atoms with Crippen LogP contribution in [0.5, 0.6) is 0 Å². The summed E-state index contributed by atoms with van der Waals surface area (Å²) < 4.78 is 0. The van der Waals surface area contributed by atoms with Gasteiger partial charge in [0, 0.05) is 23.1 Å². The molecule has 172 valence electrons. The first-order valence-electron chi connectivity index (χ1n) is 11.3. The van der Waals surface area contributed by atoms with Crippen LogP contribution in [0.15, 0.2) is 90.3 Å². The van der Waals surface area contributed by atoms with Gasteiger partial charge >= 0.3 is 0 Å². The van der Waals surface area contributed by atoms with Crippen molar-refractivity contribution in [3.05, 3.63) is 112 Å². The summed E-state index contributed by atoms with van der Waals surface area (Å²) in [5, 5.41) is 9.11. The van der Waals surface area contributed by atoms with E-state index in [9.17, 15) is 9.59 Å². The summed E-state index contributed by atoms with van der Waals surface area (Å²) in [6, 6.07) is 26.5. The predicted octanol–water partition coefficient (Wildman–Crippen LogP) is 5.34. The molecule has 4 rings (SSSR count). The highest BCUT2D eigenvalue weighted by Gasteiger charge is 2.19. The van der Waals surface area contributed by atoms with Crippen LogP contribution in [0.3, 0.4) is 0 Å². The molecular weight excluding hydrogens is 442 g/mol. The first-order valence-corrected chi connectivity index (χ1v) is 12.2. The molecule has 0 aliphatic heterocycles. The minimum Gasteiger partial charge on any atom is -0.356 e. The zero-order valence-corrected chi connectivity index (χ0v) is 19.8. The number of hydrogen-bond acceptors (Lipinski definition) is 4. The van der Waals surface area contributed by atoms with Crippen LogP contribution >= 0.6 is 11.3 Å². The van der Waals surface area contributed by atoms with Crippen molar-refractivity contribution in [2.24, 2.45) is 0 Å². The minimum atomic E-state index is -0.408. The molecular formula is C28H27N3O2S. The number of aromatic nitrogens is 1. The number of nitrogens with one attached hydrogen (secondary N) is 2. The second kappa shape index (κ2) is 11.4. The molecule has 0 spiro atoms. The van der Waals surface area contributed by atoms with Crippen molar-refractivity contribution < 1.29 is 9.59 Å². The zero-order valence-electron chi connectivity index (χ0n) is 19.0. The standard InChI is InChI=1S/C28H27N3O2S/c1-20-30-26(19-34-20)23-14-12-21(13-15-23)16-17-29-27(32)18-25(22-8-4-2-5-9-22)31-28(33)24-10-6-3-7-11-24/h2-15,19,25H,16-18H2,1H3,(H,29,32)(H,31,33). The fourth-order valence-corrected chi connectivity index (χ4v) is 4.33. The summed E-state index contributed by atoms with van der Waals surface area (Å²) in [7, 11) is 0. The summed E-state index contributed by atoms with van der Waals surface area (Å²) in [6.07, 6.45) is 0.902. The fraction of sp³-hybridized carbons (Fsp3) is 0.179. The molecule has 2 amide bonds. The van der Waals surface area contributed by atoms with Crippen molar-refractivity contribution in [1.82, 2.24) is 15.6 Å². The third-order valence-corrected chi connectivity index (χ3v) is 6.31. The van der Waals surface area contributed by atoms with Crippen LogP contribution in [-0.2, 0) is 11.2 Å². The minimum absolute atomic E-state index is 0.100. The van der Waals surface area contributed by atoms with Crippen LogP contribution in [-0.4, -0.2) is 23.3 Å². The molecule has 2 N–H and O–H groups in total. The molecule has 1 unspecified atom stereocenters. The summed E-state index contributed by atoms with van der Waals surface area (Å²) in [6.45, 7) is 2.53. The molecule has 34 heavy (non-hydrogen) atoms. The molecule has 1 atom stereocenters. The maximum Gasteiger partial charge on any atom is 0.251 e. The Morgan fingerprint density at radius 3 is 2.24 bits per heavy atom. The van der Waals surface area contributed by atoms with Crippen molar-refractivity contribution in [1.29, 1.82) is 0 Å². The van der Waals surface area contributed by atoms with Gasteiger partial charge < -0.3 is 10.6 Å². The number of rotatable bonds is 9. The fourth-order valence-electron chi connectivity index (χ4n) is 3.71. The number of carbonyl (C=O) groups is 2. The molecule has 4 aromatic rings. The van der Waals surface area contributed by atoms with E-state index in [4.69, 9.17) is 0 Å². The van der Waals surface area contributed by atoms with Gasteiger partial charge in [-0.15, -0.1) is 11.3 Å². The van der Waals surface area contributed by atoms with Gasteiger partial charge in [0.2, 0.25) is 5.91 Å². The van der Waals surface area contributed by atoms with Crippen LogP contribution < -0.4 is 10.6 Å². The molecule has 0 aliphatic carbocycles. The van der Waals surface area contributed by atoms with E-state index in [2.05, 4.69) is 45.3 Å². The predicted molar refractivity (Wildman–Crippen MR) is 137 cm³/mol. The maximum atomic E-state index is 12.7. The van der Waals surface area contributed by atoms with Crippen molar-refractivity contribution in [2.75, 3.05) is 6.54 Å². The topological polar surface area (TPSA) is 71.1 Å². The van der Waals surface area contributed by atoms with Crippen LogP contribution in [0.1, 0.15) is 39.0 Å². The van der Waals surface area contributed by atoms with Gasteiger partial charge in [-0.2, -0.15) is 0 Å². The van der Waals surface area contributed by atoms with E-state index in [1.165, 1.54) is 0 Å². The highest BCUT2D eigenvalue weighted by molar-refractivity contribution is 7.09. The molecule has 0 bridgehead atoms. The Morgan fingerprint density at radius 2 is 1.59 bits per heavy atom. The summed E-state index contributed by atoms with van der Waals surface area (Å²) in [5.41, 5.74) is 4.70. The van der Waals surface area contributed by atoms with Gasteiger partial charge in [-0.25, -0.2) is 4.98 Å². The van der Waals surface area contributed by atoms with Gasteiger partial charge in [-0.3, -0.25) is 9.59 Å². The number of amides is 2. The van der Waals surface area contributed by atoms with Crippen LogP contribution in [0.2, 0.25) is 0 Å². The highest BCUT2D eigenvalue weighted by atomic mass is 32.1. The van der Waals surface area contributed by atoms with Gasteiger partial charge in [0.25, 0.3) is 5.91 Å². The second-order valence-electron chi connectivity index (χ2n) is 8.06. The average Bonchev–Trinajstić information content (AvgIpc) is 3.31. The van der Waals surface area contributed by atoms with Gasteiger partial charge in [-0.05, 0) is 36.6 Å². The lowest BCUT2D eigenvalue weighted by Crippen LogP contribution is -2.34. The Bertz CT molecular complexity index is 1220. The average molecular weight is 470 g/mol. The molecule has 0 aliphatic rings. The first-order chi connectivity index (χ1) is 16.6. The Labute approximate surface area is 203 Å².